The van der Waals surface area contributed by atoms with Crippen LogP contribution >= 0.6 is 0 Å². The lowest BCUT2D eigenvalue weighted by molar-refractivity contribution is -0.121. The summed E-state index contributed by atoms with van der Waals surface area (Å²) in [6.45, 7) is 0.959. The predicted octanol–water partition coefficient (Wildman–Crippen LogP) is 1.61. The van der Waals surface area contributed by atoms with Crippen molar-refractivity contribution in [2.24, 2.45) is 0 Å². The van der Waals surface area contributed by atoms with Gasteiger partial charge < -0.3 is 14.6 Å². The summed E-state index contributed by atoms with van der Waals surface area (Å²) < 4.78 is 6.69. The highest BCUT2D eigenvalue weighted by molar-refractivity contribution is 5.75. The Kier molecular flexibility index (Phi) is 5.77. The second-order valence-corrected chi connectivity index (χ2v) is 4.93. The van der Waals surface area contributed by atoms with Gasteiger partial charge in [0, 0.05) is 31.8 Å². The molecule has 0 saturated heterocycles. The minimum absolute atomic E-state index is 0.0568. The van der Waals surface area contributed by atoms with Crippen molar-refractivity contribution in [3.63, 3.8) is 0 Å². The van der Waals surface area contributed by atoms with Crippen molar-refractivity contribution in [1.82, 2.24) is 9.88 Å². The minimum atomic E-state index is -0.0910. The summed E-state index contributed by atoms with van der Waals surface area (Å²) in [7, 11) is 1.63. The number of aromatic nitrogens is 1. The van der Waals surface area contributed by atoms with Gasteiger partial charge in [0.2, 0.25) is 5.91 Å². The van der Waals surface area contributed by atoms with Crippen LogP contribution in [0.15, 0.2) is 53.5 Å². The zero-order chi connectivity index (χ0) is 15.8. The molecule has 0 unspecified atom stereocenters. The third-order valence-electron chi connectivity index (χ3n) is 3.35. The van der Waals surface area contributed by atoms with E-state index in [0.29, 0.717) is 19.5 Å². The second kappa shape index (κ2) is 8.02. The van der Waals surface area contributed by atoms with Crippen LogP contribution in [0.1, 0.15) is 12.0 Å². The molecule has 1 N–H and O–H groups in total. The molecule has 1 aromatic heterocycles. The first kappa shape index (κ1) is 15.8. The maximum atomic E-state index is 11.8. The van der Waals surface area contributed by atoms with Gasteiger partial charge in [0.1, 0.15) is 5.75 Å². The lowest BCUT2D eigenvalue weighted by Gasteiger charge is -2.08. The number of benzene rings is 1. The van der Waals surface area contributed by atoms with E-state index in [-0.39, 0.29) is 11.5 Å². The smallest absolute Gasteiger partial charge is 0.250 e. The van der Waals surface area contributed by atoms with E-state index in [1.54, 1.807) is 25.4 Å². The summed E-state index contributed by atoms with van der Waals surface area (Å²) in [5, 5.41) is 2.86. The number of aryl methyl sites for hydroxylation is 1. The molecule has 0 spiro atoms. The number of hydrogen-bond donors (Lipinski definition) is 1. The van der Waals surface area contributed by atoms with Gasteiger partial charge in [-0.2, -0.15) is 0 Å². The average Bonchev–Trinajstić information content (AvgIpc) is 2.54. The number of pyridine rings is 1. The lowest BCUT2D eigenvalue weighted by atomic mass is 10.1. The normalized spacial score (nSPS) is 10.2. The first-order valence-electron chi connectivity index (χ1n) is 7.24. The maximum absolute atomic E-state index is 11.8. The highest BCUT2D eigenvalue weighted by Gasteiger charge is 2.03. The van der Waals surface area contributed by atoms with Crippen LogP contribution in [0.3, 0.4) is 0 Å². The third kappa shape index (κ3) is 4.77. The predicted molar refractivity (Wildman–Crippen MR) is 85.0 cm³/mol. The van der Waals surface area contributed by atoms with E-state index in [0.717, 1.165) is 17.7 Å². The Balaban J connectivity index is 1.74. The first-order valence-corrected chi connectivity index (χ1v) is 7.24. The molecule has 0 saturated carbocycles. The Hall–Kier alpha value is -2.56. The number of ether oxygens (including phenoxy) is 1. The molecule has 0 fully saturated rings. The number of nitrogens with one attached hydrogen (secondary N) is 1. The highest BCUT2D eigenvalue weighted by Crippen LogP contribution is 2.12. The fourth-order valence-electron chi connectivity index (χ4n) is 2.13. The van der Waals surface area contributed by atoms with Crippen molar-refractivity contribution < 1.29 is 9.53 Å². The Labute approximate surface area is 129 Å². The van der Waals surface area contributed by atoms with Crippen molar-refractivity contribution in [2.45, 2.75) is 19.4 Å². The van der Waals surface area contributed by atoms with Crippen LogP contribution in [0.2, 0.25) is 0 Å². The average molecular weight is 300 g/mol. The van der Waals surface area contributed by atoms with Gasteiger partial charge in [-0.25, -0.2) is 0 Å². The summed E-state index contributed by atoms with van der Waals surface area (Å²) in [5.41, 5.74) is 1.02. The molecule has 0 radical (unpaired) electrons. The first-order chi connectivity index (χ1) is 10.7. The quantitative estimate of drug-likeness (QED) is 0.845. The SMILES string of the molecule is COc1cccc(CCNC(=O)CCn2ccccc2=O)c1. The molecule has 22 heavy (non-hydrogen) atoms. The largest absolute Gasteiger partial charge is 0.497 e. The molecule has 0 bridgehead atoms. The molecule has 0 aliphatic carbocycles. The molecule has 0 aliphatic rings. The van der Waals surface area contributed by atoms with Crippen LogP contribution in [-0.2, 0) is 17.8 Å². The van der Waals surface area contributed by atoms with Gasteiger partial charge in [-0.05, 0) is 30.2 Å². The fourth-order valence-corrected chi connectivity index (χ4v) is 2.13. The maximum Gasteiger partial charge on any atom is 0.250 e. The van der Waals surface area contributed by atoms with Crippen molar-refractivity contribution in [1.29, 1.82) is 0 Å². The molecule has 0 atom stereocenters. The molecule has 0 aliphatic heterocycles. The molecular formula is C17H20N2O3. The van der Waals surface area contributed by atoms with Gasteiger partial charge >= 0.3 is 0 Å². The van der Waals surface area contributed by atoms with Gasteiger partial charge in [-0.1, -0.05) is 18.2 Å². The zero-order valence-corrected chi connectivity index (χ0v) is 12.6. The van der Waals surface area contributed by atoms with E-state index in [1.807, 2.05) is 24.3 Å². The number of carbonyl (C=O) groups is 1. The Morgan fingerprint density at radius 1 is 1.23 bits per heavy atom. The summed E-state index contributed by atoms with van der Waals surface area (Å²) in [5.74, 6) is 0.755. The van der Waals surface area contributed by atoms with Crippen LogP contribution in [0.25, 0.3) is 0 Å². The van der Waals surface area contributed by atoms with E-state index in [2.05, 4.69) is 5.32 Å². The number of amides is 1. The summed E-state index contributed by atoms with van der Waals surface area (Å²) in [6.07, 6.45) is 2.72. The summed E-state index contributed by atoms with van der Waals surface area (Å²) in [6, 6.07) is 12.7. The van der Waals surface area contributed by atoms with Crippen LogP contribution < -0.4 is 15.6 Å². The molecule has 116 valence electrons. The number of rotatable bonds is 7. The third-order valence-corrected chi connectivity index (χ3v) is 3.35. The van der Waals surface area contributed by atoms with E-state index in [9.17, 15) is 9.59 Å². The molecule has 2 aromatic rings. The van der Waals surface area contributed by atoms with E-state index < -0.39 is 0 Å². The Morgan fingerprint density at radius 3 is 2.86 bits per heavy atom. The second-order valence-electron chi connectivity index (χ2n) is 4.93. The van der Waals surface area contributed by atoms with Gasteiger partial charge in [0.25, 0.3) is 5.56 Å². The highest BCUT2D eigenvalue weighted by atomic mass is 16.5. The number of nitrogens with zero attached hydrogens (tertiary/aromatic N) is 1. The minimum Gasteiger partial charge on any atom is -0.497 e. The van der Waals surface area contributed by atoms with E-state index >= 15 is 0 Å². The van der Waals surface area contributed by atoms with E-state index in [4.69, 9.17) is 4.74 Å². The van der Waals surface area contributed by atoms with Gasteiger partial charge in [-0.3, -0.25) is 9.59 Å². The van der Waals surface area contributed by atoms with Gasteiger partial charge in [-0.15, -0.1) is 0 Å². The Morgan fingerprint density at radius 2 is 2.09 bits per heavy atom. The molecule has 5 nitrogen and oxygen atoms in total. The zero-order valence-electron chi connectivity index (χ0n) is 12.6. The van der Waals surface area contributed by atoms with Gasteiger partial charge in [0.05, 0.1) is 7.11 Å². The molecule has 2 rings (SSSR count). The molecule has 1 heterocycles. The van der Waals surface area contributed by atoms with Crippen LogP contribution in [0, 0.1) is 0 Å². The standard InChI is InChI=1S/C17H20N2O3/c1-22-15-6-4-5-14(13-15)8-10-18-16(20)9-12-19-11-3-2-7-17(19)21/h2-7,11,13H,8-10,12H2,1H3,(H,18,20). The molecule has 1 amide bonds. The van der Waals surface area contributed by atoms with Crippen molar-refractivity contribution in [2.75, 3.05) is 13.7 Å². The monoisotopic (exact) mass is 300 g/mol. The van der Waals surface area contributed by atoms with Crippen LogP contribution in [0.5, 0.6) is 5.75 Å². The van der Waals surface area contributed by atoms with Gasteiger partial charge in [0.15, 0.2) is 0 Å². The Bertz CT molecular complexity index is 679. The number of hydrogen-bond acceptors (Lipinski definition) is 3. The molecule has 1 aromatic carbocycles. The molecular weight excluding hydrogens is 280 g/mol. The van der Waals surface area contributed by atoms with Crippen molar-refractivity contribution in [3.05, 3.63) is 64.6 Å². The van der Waals surface area contributed by atoms with Crippen molar-refractivity contribution >= 4 is 5.91 Å². The summed E-state index contributed by atoms with van der Waals surface area (Å²) >= 11 is 0. The molecule has 5 heteroatoms. The fraction of sp³-hybridized carbons (Fsp3) is 0.294. The number of carbonyl (C=O) groups excluding carboxylic acids is 1. The van der Waals surface area contributed by atoms with Crippen molar-refractivity contribution in [3.8, 4) is 5.75 Å². The van der Waals surface area contributed by atoms with Crippen LogP contribution in [0.4, 0.5) is 0 Å². The number of methoxy groups -OCH3 is 1. The van der Waals surface area contributed by atoms with E-state index in [1.165, 1.54) is 10.6 Å². The topological polar surface area (TPSA) is 60.3 Å². The summed E-state index contributed by atoms with van der Waals surface area (Å²) in [4.78, 5) is 23.3. The lowest BCUT2D eigenvalue weighted by Crippen LogP contribution is -2.28. The van der Waals surface area contributed by atoms with Crippen LogP contribution in [-0.4, -0.2) is 24.1 Å².